The quantitative estimate of drug-likeness (QED) is 0.465. The van der Waals surface area contributed by atoms with Crippen LogP contribution >= 0.6 is 15.9 Å². The Hall–Kier alpha value is -1.85. The zero-order valence-electron chi connectivity index (χ0n) is 16.0. The van der Waals surface area contributed by atoms with E-state index >= 15 is 0 Å². The summed E-state index contributed by atoms with van der Waals surface area (Å²) >= 11 is 3.37. The molecular weight excluding hydrogens is 394 g/mol. The first kappa shape index (κ1) is 20.5. The minimum Gasteiger partial charge on any atom is -0.492 e. The molecule has 0 saturated heterocycles. The predicted octanol–water partition coefficient (Wildman–Crippen LogP) is 5.04. The van der Waals surface area contributed by atoms with E-state index in [2.05, 4.69) is 34.7 Å². The Morgan fingerprint density at radius 2 is 1.77 bits per heavy atom. The van der Waals surface area contributed by atoms with Crippen molar-refractivity contribution < 1.29 is 14.3 Å². The zero-order chi connectivity index (χ0) is 19.3. The van der Waals surface area contributed by atoms with Crippen molar-refractivity contribution in [1.82, 2.24) is 4.90 Å². The van der Waals surface area contributed by atoms with Crippen LogP contribution in [-0.4, -0.2) is 38.1 Å². The molecule has 5 heteroatoms. The summed E-state index contributed by atoms with van der Waals surface area (Å²) in [6.07, 6.45) is 0. The van der Waals surface area contributed by atoms with Crippen LogP contribution in [0.3, 0.4) is 0 Å². The van der Waals surface area contributed by atoms with Crippen molar-refractivity contribution in [3.8, 4) is 11.5 Å². The molecule has 4 nitrogen and oxygen atoms in total. The van der Waals surface area contributed by atoms with Gasteiger partial charge in [0.05, 0.1) is 5.56 Å². The van der Waals surface area contributed by atoms with Gasteiger partial charge in [0.15, 0.2) is 0 Å². The first-order valence-corrected chi connectivity index (χ1v) is 9.47. The second-order valence-corrected chi connectivity index (χ2v) is 7.77. The van der Waals surface area contributed by atoms with Crippen molar-refractivity contribution in [1.29, 1.82) is 0 Å². The molecule has 0 fully saturated rings. The molecule has 0 bridgehead atoms. The summed E-state index contributed by atoms with van der Waals surface area (Å²) in [5.41, 5.74) is 2.43. The fourth-order valence-electron chi connectivity index (χ4n) is 2.45. The molecule has 0 aromatic heterocycles. The highest BCUT2D eigenvalue weighted by atomic mass is 79.9. The smallest absolute Gasteiger partial charge is 0.343 e. The lowest BCUT2D eigenvalue weighted by Gasteiger charge is -2.18. The topological polar surface area (TPSA) is 38.8 Å². The zero-order valence-corrected chi connectivity index (χ0v) is 17.6. The summed E-state index contributed by atoms with van der Waals surface area (Å²) in [7, 11) is 4.03. The van der Waals surface area contributed by atoms with E-state index in [0.717, 1.165) is 27.9 Å². The van der Waals surface area contributed by atoms with Gasteiger partial charge in [-0.3, -0.25) is 0 Å². The van der Waals surface area contributed by atoms with Crippen molar-refractivity contribution in [2.24, 2.45) is 0 Å². The molecule has 0 heterocycles. The van der Waals surface area contributed by atoms with E-state index in [9.17, 15) is 4.79 Å². The van der Waals surface area contributed by atoms with Crippen LogP contribution < -0.4 is 9.47 Å². The fraction of sp³-hybridized carbons (Fsp3) is 0.381. The summed E-state index contributed by atoms with van der Waals surface area (Å²) in [5.74, 6) is 1.32. The molecule has 140 valence electrons. The van der Waals surface area contributed by atoms with Gasteiger partial charge in [0.25, 0.3) is 0 Å². The van der Waals surface area contributed by atoms with E-state index in [0.29, 0.717) is 17.9 Å². The Labute approximate surface area is 164 Å². The summed E-state index contributed by atoms with van der Waals surface area (Å²) in [6.45, 7) is 7.59. The van der Waals surface area contributed by atoms with E-state index < -0.39 is 0 Å². The molecule has 2 aromatic carbocycles. The number of carbonyl (C=O) groups is 1. The number of halogens is 1. The highest BCUT2D eigenvalue weighted by molar-refractivity contribution is 9.10. The van der Waals surface area contributed by atoms with Crippen molar-refractivity contribution in [2.45, 2.75) is 26.7 Å². The largest absolute Gasteiger partial charge is 0.492 e. The van der Waals surface area contributed by atoms with Gasteiger partial charge in [-0.15, -0.1) is 0 Å². The Kier molecular flexibility index (Phi) is 7.23. The highest BCUT2D eigenvalue weighted by Gasteiger charge is 2.16. The van der Waals surface area contributed by atoms with Crippen LogP contribution in [0, 0.1) is 6.92 Å². The molecule has 26 heavy (non-hydrogen) atoms. The number of ether oxygens (including phenoxy) is 2. The van der Waals surface area contributed by atoms with Crippen LogP contribution in [0.15, 0.2) is 40.9 Å². The lowest BCUT2D eigenvalue weighted by atomic mass is 9.99. The molecule has 2 aromatic rings. The maximum atomic E-state index is 12.4. The van der Waals surface area contributed by atoms with Crippen LogP contribution in [0.25, 0.3) is 0 Å². The van der Waals surface area contributed by atoms with Crippen LogP contribution in [0.5, 0.6) is 11.5 Å². The van der Waals surface area contributed by atoms with E-state index in [1.165, 1.54) is 0 Å². The van der Waals surface area contributed by atoms with Crippen LogP contribution in [-0.2, 0) is 0 Å². The van der Waals surface area contributed by atoms with E-state index in [4.69, 9.17) is 9.47 Å². The van der Waals surface area contributed by atoms with Crippen molar-refractivity contribution in [3.63, 3.8) is 0 Å². The number of esters is 1. The standard InChI is InChI=1S/C21H26BrNO3/c1-14(2)18-13-19(15(3)12-20(18)25-11-10-23(4)5)26-21(24)16-6-8-17(22)9-7-16/h6-9,12-14H,10-11H2,1-5H3. The maximum Gasteiger partial charge on any atom is 0.343 e. The number of rotatable bonds is 7. The van der Waals surface area contributed by atoms with Gasteiger partial charge in [-0.05, 0) is 68.9 Å². The summed E-state index contributed by atoms with van der Waals surface area (Å²) in [4.78, 5) is 14.5. The average Bonchev–Trinajstić information content (AvgIpc) is 2.57. The molecular formula is C21H26BrNO3. The molecule has 2 rings (SSSR count). The van der Waals surface area contributed by atoms with Gasteiger partial charge in [0.1, 0.15) is 18.1 Å². The number of likely N-dealkylation sites (N-methyl/N-ethyl adjacent to an activating group) is 1. The first-order chi connectivity index (χ1) is 12.3. The van der Waals surface area contributed by atoms with Gasteiger partial charge in [-0.1, -0.05) is 29.8 Å². The second-order valence-electron chi connectivity index (χ2n) is 6.86. The molecule has 0 unspecified atom stereocenters. The number of hydrogen-bond donors (Lipinski definition) is 0. The molecule has 0 atom stereocenters. The third kappa shape index (κ3) is 5.58. The molecule has 0 aliphatic heterocycles. The maximum absolute atomic E-state index is 12.4. The number of carbonyl (C=O) groups excluding carboxylic acids is 1. The van der Waals surface area contributed by atoms with E-state index in [-0.39, 0.29) is 11.9 Å². The predicted molar refractivity (Wildman–Crippen MR) is 108 cm³/mol. The molecule has 0 spiro atoms. The molecule has 0 radical (unpaired) electrons. The summed E-state index contributed by atoms with van der Waals surface area (Å²) < 4.78 is 12.5. The van der Waals surface area contributed by atoms with Gasteiger partial charge < -0.3 is 14.4 Å². The minimum atomic E-state index is -0.364. The van der Waals surface area contributed by atoms with Crippen LogP contribution in [0.4, 0.5) is 0 Å². The van der Waals surface area contributed by atoms with Gasteiger partial charge in [0, 0.05) is 16.6 Å². The fourth-order valence-corrected chi connectivity index (χ4v) is 2.71. The van der Waals surface area contributed by atoms with Gasteiger partial charge in [-0.25, -0.2) is 4.79 Å². The Morgan fingerprint density at radius 1 is 1.12 bits per heavy atom. The third-order valence-corrected chi connectivity index (χ3v) is 4.54. The Morgan fingerprint density at radius 3 is 2.35 bits per heavy atom. The minimum absolute atomic E-state index is 0.259. The third-order valence-electron chi connectivity index (χ3n) is 4.01. The molecule has 0 N–H and O–H groups in total. The normalized spacial score (nSPS) is 11.1. The summed E-state index contributed by atoms with van der Waals surface area (Å²) in [6, 6.07) is 11.0. The van der Waals surface area contributed by atoms with Gasteiger partial charge in [0.2, 0.25) is 0 Å². The molecule has 0 aliphatic rings. The van der Waals surface area contributed by atoms with Crippen LogP contribution in [0.2, 0.25) is 0 Å². The lowest BCUT2D eigenvalue weighted by Crippen LogP contribution is -2.20. The van der Waals surface area contributed by atoms with Crippen molar-refractivity contribution in [2.75, 3.05) is 27.2 Å². The lowest BCUT2D eigenvalue weighted by molar-refractivity contribution is 0.0733. The number of hydrogen-bond acceptors (Lipinski definition) is 4. The van der Waals surface area contributed by atoms with Crippen molar-refractivity contribution in [3.05, 3.63) is 57.6 Å². The SMILES string of the molecule is Cc1cc(OCCN(C)C)c(C(C)C)cc1OC(=O)c1ccc(Br)cc1. The van der Waals surface area contributed by atoms with Crippen molar-refractivity contribution >= 4 is 21.9 Å². The Balaban J connectivity index is 2.22. The van der Waals surface area contributed by atoms with Crippen LogP contribution in [0.1, 0.15) is 41.3 Å². The summed E-state index contributed by atoms with van der Waals surface area (Å²) in [5, 5.41) is 0. The number of benzene rings is 2. The first-order valence-electron chi connectivity index (χ1n) is 8.67. The highest BCUT2D eigenvalue weighted by Crippen LogP contribution is 2.34. The molecule has 0 aliphatic carbocycles. The Bertz CT molecular complexity index is 755. The number of aryl methyl sites for hydroxylation is 1. The number of nitrogens with zero attached hydrogens (tertiary/aromatic N) is 1. The van der Waals surface area contributed by atoms with Gasteiger partial charge >= 0.3 is 5.97 Å². The van der Waals surface area contributed by atoms with E-state index in [1.54, 1.807) is 12.1 Å². The molecule has 0 amide bonds. The van der Waals surface area contributed by atoms with Gasteiger partial charge in [-0.2, -0.15) is 0 Å². The van der Waals surface area contributed by atoms with E-state index in [1.807, 2.05) is 45.3 Å². The molecule has 0 saturated carbocycles. The average molecular weight is 420 g/mol. The monoisotopic (exact) mass is 419 g/mol. The second kappa shape index (κ2) is 9.19.